The van der Waals surface area contributed by atoms with Gasteiger partial charge in [0.2, 0.25) is 0 Å². The molecule has 0 atom stereocenters. The third kappa shape index (κ3) is 17.1. The minimum atomic E-state index is 0.106. The Kier molecular flexibility index (Phi) is 22.7. The van der Waals surface area contributed by atoms with E-state index in [1.54, 1.807) is 48.6 Å². The fraction of sp³-hybridized carbons (Fsp3) is 0.0870. The normalized spacial score (nSPS) is 12.2. The van der Waals surface area contributed by atoms with Crippen LogP contribution >= 0.6 is 46.4 Å². The van der Waals surface area contributed by atoms with Crippen LogP contribution in [0, 0.1) is 45.3 Å². The standard InChI is InChI=1S/C92H64Cl4N4O4/c93-85-33-17-13-29-65(85)37-81(53-97)69-41-73-49-75-43-70(82(54-98)38-66-30-14-18-34-86(66)94)45-77(90(75)102-58-62-23-7-2-8-24-62)51-79-47-72(84(56-100)40-68-32-16-20-36-88(68)96)48-80(92(79)104-60-64-27-11-4-12-28-64)52-78-46-71(83(55-99)39-67-31-15-19-35-87(67)95)44-76(91(78)103-59-63-25-9-3-10-26-63)50-74(42-69)89(73)101-57-61-21-5-1-6-22-61/h1-48H,49-52,57-60H2/b81-37-,82-38+,83-39+,84-40+. The average molecular weight is 1430 g/mol. The summed E-state index contributed by atoms with van der Waals surface area (Å²) in [6.07, 6.45) is 7.59. The van der Waals surface area contributed by atoms with Crippen LogP contribution in [0.2, 0.25) is 20.1 Å². The average Bonchev–Trinajstić information content (AvgIpc) is 0.767. The van der Waals surface area contributed by atoms with Gasteiger partial charge in [0.15, 0.2) is 0 Å². The third-order valence-electron chi connectivity index (χ3n) is 17.9. The summed E-state index contributed by atoms with van der Waals surface area (Å²) in [6, 6.07) is 95.3. The Labute approximate surface area is 626 Å². The lowest BCUT2D eigenvalue weighted by Crippen LogP contribution is -2.11. The molecule has 0 unspecified atom stereocenters. The van der Waals surface area contributed by atoms with Crippen molar-refractivity contribution in [2.75, 3.05) is 0 Å². The molecule has 13 rings (SSSR count). The highest BCUT2D eigenvalue weighted by molar-refractivity contribution is 6.33. The van der Waals surface area contributed by atoms with Crippen LogP contribution < -0.4 is 18.9 Å². The van der Waals surface area contributed by atoms with Crippen LogP contribution in [0.3, 0.4) is 0 Å². The Bertz CT molecular complexity index is 4720. The Hall–Kier alpha value is -12.1. The first-order valence-electron chi connectivity index (χ1n) is 33.7. The summed E-state index contributed by atoms with van der Waals surface area (Å²) in [4.78, 5) is 0. The second-order valence-electron chi connectivity index (χ2n) is 25.1. The summed E-state index contributed by atoms with van der Waals surface area (Å²) in [5.41, 5.74) is 15.0. The van der Waals surface area contributed by atoms with Gasteiger partial charge in [-0.25, -0.2) is 0 Å². The monoisotopic (exact) mass is 1430 g/mol. The SMILES string of the molecule is N#C/C(=C\c1ccccc1Cl)c1cc2c(OCc3ccccc3)c(c1)Cc1cc(/C(C#N)=C/c3ccccc3Cl)cc(c1OCc1ccccc1)Cc1cc(/C(C#N)=C\c3ccccc3Cl)cc(c1OCc1ccccc1)Cc1cc(/C(C#N)=C/c3ccccc3Cl)cc(c1OCc1ccccc1)C2. The van der Waals surface area contributed by atoms with Crippen molar-refractivity contribution in [2.24, 2.45) is 0 Å². The van der Waals surface area contributed by atoms with Crippen molar-refractivity contribution >= 4 is 93.0 Å². The molecule has 504 valence electrons. The van der Waals surface area contributed by atoms with Crippen LogP contribution in [0.15, 0.2) is 267 Å². The molecular weight excluding hydrogens is 1370 g/mol. The minimum Gasteiger partial charge on any atom is -0.488 e. The highest BCUT2D eigenvalue weighted by Crippen LogP contribution is 2.45. The van der Waals surface area contributed by atoms with Crippen molar-refractivity contribution in [3.63, 3.8) is 0 Å². The molecule has 12 heteroatoms. The van der Waals surface area contributed by atoms with Gasteiger partial charge in [-0.15, -0.1) is 0 Å². The summed E-state index contributed by atoms with van der Waals surface area (Å²) in [5.74, 6) is 2.06. The van der Waals surface area contributed by atoms with E-state index < -0.39 is 0 Å². The van der Waals surface area contributed by atoms with Gasteiger partial charge >= 0.3 is 0 Å². The van der Waals surface area contributed by atoms with E-state index in [2.05, 4.69) is 24.3 Å². The zero-order valence-corrected chi connectivity index (χ0v) is 59.3. The van der Waals surface area contributed by atoms with Gasteiger partial charge in [0.05, 0.1) is 46.6 Å². The molecular formula is C92H64Cl4N4O4. The molecule has 8 nitrogen and oxygen atoms in total. The van der Waals surface area contributed by atoms with Gasteiger partial charge in [0, 0.05) is 45.8 Å². The molecule has 8 bridgehead atoms. The van der Waals surface area contributed by atoms with Crippen molar-refractivity contribution in [3.8, 4) is 47.3 Å². The predicted octanol–water partition coefficient (Wildman–Crippen LogP) is 23.5. The van der Waals surface area contributed by atoms with E-state index in [0.717, 1.165) is 22.3 Å². The number of nitrogens with zero attached hydrogens (tertiary/aromatic N) is 4. The largest absolute Gasteiger partial charge is 0.488 e. The predicted molar refractivity (Wildman–Crippen MR) is 420 cm³/mol. The van der Waals surface area contributed by atoms with Crippen molar-refractivity contribution in [1.82, 2.24) is 0 Å². The van der Waals surface area contributed by atoms with Gasteiger partial charge < -0.3 is 18.9 Å². The van der Waals surface area contributed by atoms with E-state index >= 15 is 0 Å². The lowest BCUT2D eigenvalue weighted by Gasteiger charge is -2.25. The molecule has 0 aromatic heterocycles. The number of rotatable bonds is 20. The zero-order chi connectivity index (χ0) is 71.7. The Morgan fingerprint density at radius 1 is 0.260 bits per heavy atom. The molecule has 0 spiro atoms. The number of ether oxygens (including phenoxy) is 4. The summed E-state index contributed by atoms with van der Waals surface area (Å²) >= 11 is 27.8. The molecule has 0 radical (unpaired) electrons. The van der Waals surface area contributed by atoms with E-state index in [4.69, 9.17) is 65.4 Å². The second kappa shape index (κ2) is 33.6. The Balaban J connectivity index is 1.18. The first-order valence-corrected chi connectivity index (χ1v) is 35.3. The first-order chi connectivity index (χ1) is 51.0. The van der Waals surface area contributed by atoms with Gasteiger partial charge in [0.1, 0.15) is 49.4 Å². The molecule has 0 saturated heterocycles. The van der Waals surface area contributed by atoms with Gasteiger partial charge in [-0.3, -0.25) is 0 Å². The molecule has 0 fully saturated rings. The quantitative estimate of drug-likeness (QED) is 0.0544. The molecule has 1 aliphatic rings. The minimum absolute atomic E-state index is 0.106. The second-order valence-corrected chi connectivity index (χ2v) is 26.7. The number of benzene rings is 12. The molecule has 0 amide bonds. The summed E-state index contributed by atoms with van der Waals surface area (Å²) in [7, 11) is 0. The molecule has 0 N–H and O–H groups in total. The summed E-state index contributed by atoms with van der Waals surface area (Å²) in [6.45, 7) is 0.566. The van der Waals surface area contributed by atoms with Crippen molar-refractivity contribution in [2.45, 2.75) is 52.1 Å². The summed E-state index contributed by atoms with van der Waals surface area (Å²) < 4.78 is 29.4. The third-order valence-corrected chi connectivity index (χ3v) is 19.3. The van der Waals surface area contributed by atoms with E-state index in [9.17, 15) is 21.0 Å². The van der Waals surface area contributed by atoms with Crippen LogP contribution in [0.1, 0.15) is 111 Å². The highest BCUT2D eigenvalue weighted by Gasteiger charge is 2.28. The van der Waals surface area contributed by atoms with Crippen LogP contribution in [-0.2, 0) is 52.1 Å². The fourth-order valence-electron chi connectivity index (χ4n) is 12.9. The lowest BCUT2D eigenvalue weighted by molar-refractivity contribution is 0.293. The Morgan fingerprint density at radius 3 is 0.606 bits per heavy atom. The van der Waals surface area contributed by atoms with Gasteiger partial charge in [-0.1, -0.05) is 241 Å². The van der Waals surface area contributed by atoms with Crippen molar-refractivity contribution in [1.29, 1.82) is 21.0 Å². The van der Waals surface area contributed by atoms with E-state index in [-0.39, 0.29) is 52.1 Å². The molecule has 0 saturated carbocycles. The van der Waals surface area contributed by atoms with Crippen LogP contribution in [0.5, 0.6) is 23.0 Å². The zero-order valence-electron chi connectivity index (χ0n) is 56.3. The van der Waals surface area contributed by atoms with E-state index in [0.29, 0.717) is 154 Å². The Morgan fingerprint density at radius 2 is 0.433 bits per heavy atom. The maximum atomic E-state index is 11.5. The number of halogens is 4. The van der Waals surface area contributed by atoms with E-state index in [1.807, 2.05) is 243 Å². The maximum Gasteiger partial charge on any atom is 0.126 e. The van der Waals surface area contributed by atoms with Gasteiger partial charge in [0.25, 0.3) is 0 Å². The first kappa shape index (κ1) is 70.4. The molecule has 12 aromatic rings. The maximum absolute atomic E-state index is 11.5. The lowest BCUT2D eigenvalue weighted by atomic mass is 9.86. The number of hydrogen-bond acceptors (Lipinski definition) is 8. The number of hydrogen-bond donors (Lipinski definition) is 0. The van der Waals surface area contributed by atoms with Crippen LogP contribution in [0.4, 0.5) is 0 Å². The van der Waals surface area contributed by atoms with Gasteiger partial charge in [-0.2, -0.15) is 21.0 Å². The summed E-state index contributed by atoms with van der Waals surface area (Å²) in [5, 5.41) is 48.0. The van der Waals surface area contributed by atoms with Crippen LogP contribution in [-0.4, -0.2) is 0 Å². The van der Waals surface area contributed by atoms with Crippen molar-refractivity contribution < 1.29 is 18.9 Å². The van der Waals surface area contributed by atoms with E-state index in [1.165, 1.54) is 0 Å². The molecule has 12 aromatic carbocycles. The fourth-order valence-corrected chi connectivity index (χ4v) is 13.6. The molecule has 104 heavy (non-hydrogen) atoms. The molecule has 1 aliphatic carbocycles. The van der Waals surface area contributed by atoms with Gasteiger partial charge in [-0.05, 0) is 208 Å². The molecule has 0 heterocycles. The molecule has 0 aliphatic heterocycles. The van der Waals surface area contributed by atoms with Crippen LogP contribution in [0.25, 0.3) is 46.6 Å². The topological polar surface area (TPSA) is 132 Å². The smallest absolute Gasteiger partial charge is 0.126 e. The number of nitriles is 4. The number of fused-ring (bicyclic) bond motifs is 8. The highest BCUT2D eigenvalue weighted by atomic mass is 35.5. The number of allylic oxidation sites excluding steroid dienone is 4. The van der Waals surface area contributed by atoms with Crippen molar-refractivity contribution in [3.05, 3.63) is 398 Å².